The molecule has 1 atom stereocenters. The SMILES string of the molecule is CCc1cccc2c([C@H](CC(N)=O)c3ccc(Cl)c(Cl)c3)c[nH]c12. The Morgan fingerprint density at radius 3 is 2.67 bits per heavy atom. The number of H-pyrrole nitrogens is 1. The third kappa shape index (κ3) is 3.14. The Kier molecular flexibility index (Phi) is 4.83. The van der Waals surface area contributed by atoms with E-state index in [1.54, 1.807) is 12.1 Å². The van der Waals surface area contributed by atoms with Crippen molar-refractivity contribution in [3.05, 3.63) is 69.3 Å². The van der Waals surface area contributed by atoms with Crippen LogP contribution in [0, 0.1) is 0 Å². The summed E-state index contributed by atoms with van der Waals surface area (Å²) in [5.41, 5.74) is 9.80. The third-order valence-electron chi connectivity index (χ3n) is 4.34. The van der Waals surface area contributed by atoms with Crippen LogP contribution in [0.5, 0.6) is 0 Å². The molecule has 1 aromatic heterocycles. The average Bonchev–Trinajstić information content (AvgIpc) is 2.99. The van der Waals surface area contributed by atoms with Crippen LogP contribution in [-0.4, -0.2) is 10.9 Å². The first kappa shape index (κ1) is 16.9. The molecule has 1 heterocycles. The van der Waals surface area contributed by atoms with E-state index in [1.165, 1.54) is 5.56 Å². The zero-order chi connectivity index (χ0) is 17.3. The van der Waals surface area contributed by atoms with Gasteiger partial charge in [-0.05, 0) is 35.2 Å². The van der Waals surface area contributed by atoms with Crippen molar-refractivity contribution in [1.82, 2.24) is 4.98 Å². The summed E-state index contributed by atoms with van der Waals surface area (Å²) in [7, 11) is 0. The van der Waals surface area contributed by atoms with Crippen molar-refractivity contribution < 1.29 is 4.79 Å². The van der Waals surface area contributed by atoms with Gasteiger partial charge in [-0.2, -0.15) is 0 Å². The minimum Gasteiger partial charge on any atom is -0.370 e. The molecule has 0 unspecified atom stereocenters. The van der Waals surface area contributed by atoms with E-state index in [2.05, 4.69) is 24.0 Å². The number of aryl methyl sites for hydroxylation is 1. The van der Waals surface area contributed by atoms with Crippen LogP contribution in [-0.2, 0) is 11.2 Å². The number of amides is 1. The monoisotopic (exact) mass is 360 g/mol. The number of para-hydroxylation sites is 1. The standard InChI is InChI=1S/C19H18Cl2N2O/c1-2-11-4-3-5-13-15(10-23-19(11)13)14(9-18(22)24)12-6-7-16(20)17(21)8-12/h3-8,10,14,23H,2,9H2,1H3,(H2,22,24)/t14-/m1/s1. The van der Waals surface area contributed by atoms with E-state index >= 15 is 0 Å². The maximum atomic E-state index is 11.6. The predicted octanol–water partition coefficient (Wildman–Crippen LogP) is 5.04. The van der Waals surface area contributed by atoms with Gasteiger partial charge in [0.25, 0.3) is 0 Å². The van der Waals surface area contributed by atoms with Crippen molar-refractivity contribution in [3.8, 4) is 0 Å². The molecule has 0 aliphatic rings. The van der Waals surface area contributed by atoms with Gasteiger partial charge in [-0.3, -0.25) is 4.79 Å². The van der Waals surface area contributed by atoms with E-state index in [0.29, 0.717) is 10.0 Å². The lowest BCUT2D eigenvalue weighted by Gasteiger charge is -2.16. The number of nitrogens with one attached hydrogen (secondary N) is 1. The van der Waals surface area contributed by atoms with Crippen molar-refractivity contribution in [2.24, 2.45) is 5.73 Å². The fraction of sp³-hybridized carbons (Fsp3) is 0.211. The predicted molar refractivity (Wildman–Crippen MR) is 99.8 cm³/mol. The molecule has 0 radical (unpaired) electrons. The number of fused-ring (bicyclic) bond motifs is 1. The Labute approximate surface area is 150 Å². The van der Waals surface area contributed by atoms with Crippen LogP contribution in [0.1, 0.15) is 36.0 Å². The van der Waals surface area contributed by atoms with Crippen molar-refractivity contribution in [1.29, 1.82) is 0 Å². The van der Waals surface area contributed by atoms with Gasteiger partial charge in [0.05, 0.1) is 10.0 Å². The molecule has 0 saturated carbocycles. The maximum Gasteiger partial charge on any atom is 0.218 e. The highest BCUT2D eigenvalue weighted by Gasteiger charge is 2.21. The van der Waals surface area contributed by atoms with E-state index in [1.807, 2.05) is 18.3 Å². The second-order valence-corrected chi connectivity index (χ2v) is 6.65. The minimum absolute atomic E-state index is 0.168. The molecule has 0 aliphatic heterocycles. The number of primary amides is 1. The highest BCUT2D eigenvalue weighted by molar-refractivity contribution is 6.42. The molecule has 124 valence electrons. The van der Waals surface area contributed by atoms with Crippen molar-refractivity contribution in [3.63, 3.8) is 0 Å². The van der Waals surface area contributed by atoms with Crippen molar-refractivity contribution in [2.45, 2.75) is 25.7 Å². The molecule has 1 amide bonds. The molecule has 24 heavy (non-hydrogen) atoms. The largest absolute Gasteiger partial charge is 0.370 e. The van der Waals surface area contributed by atoms with Gasteiger partial charge in [-0.1, -0.05) is 54.4 Å². The first-order valence-electron chi connectivity index (χ1n) is 7.83. The number of carbonyl (C=O) groups is 1. The van der Waals surface area contributed by atoms with E-state index in [0.717, 1.165) is 28.5 Å². The number of benzene rings is 2. The second-order valence-electron chi connectivity index (χ2n) is 5.83. The summed E-state index contributed by atoms with van der Waals surface area (Å²) >= 11 is 12.2. The fourth-order valence-electron chi connectivity index (χ4n) is 3.16. The van der Waals surface area contributed by atoms with Gasteiger partial charge in [0, 0.05) is 29.4 Å². The second kappa shape index (κ2) is 6.88. The summed E-state index contributed by atoms with van der Waals surface area (Å²) in [5.74, 6) is -0.523. The fourth-order valence-corrected chi connectivity index (χ4v) is 3.47. The van der Waals surface area contributed by atoms with Gasteiger partial charge in [-0.25, -0.2) is 0 Å². The first-order chi connectivity index (χ1) is 11.5. The minimum atomic E-state index is -0.355. The van der Waals surface area contributed by atoms with Crippen molar-refractivity contribution in [2.75, 3.05) is 0 Å². The van der Waals surface area contributed by atoms with Crippen LogP contribution >= 0.6 is 23.2 Å². The highest BCUT2D eigenvalue weighted by Crippen LogP contribution is 2.36. The summed E-state index contributed by atoms with van der Waals surface area (Å²) in [6, 6.07) is 11.6. The number of nitrogens with two attached hydrogens (primary N) is 1. The average molecular weight is 361 g/mol. The lowest BCUT2D eigenvalue weighted by Crippen LogP contribution is -2.16. The van der Waals surface area contributed by atoms with Gasteiger partial charge in [0.2, 0.25) is 5.91 Å². The summed E-state index contributed by atoms with van der Waals surface area (Å²) in [4.78, 5) is 15.0. The summed E-state index contributed by atoms with van der Waals surface area (Å²) < 4.78 is 0. The molecule has 2 aromatic carbocycles. The molecular weight excluding hydrogens is 343 g/mol. The summed E-state index contributed by atoms with van der Waals surface area (Å²) in [5, 5.41) is 2.06. The van der Waals surface area contributed by atoms with Gasteiger partial charge in [0.15, 0.2) is 0 Å². The third-order valence-corrected chi connectivity index (χ3v) is 5.08. The summed E-state index contributed by atoms with van der Waals surface area (Å²) in [6.07, 6.45) is 3.10. The summed E-state index contributed by atoms with van der Waals surface area (Å²) in [6.45, 7) is 2.12. The molecule has 0 spiro atoms. The molecule has 3 rings (SSSR count). The number of carbonyl (C=O) groups excluding carboxylic acids is 1. The zero-order valence-electron chi connectivity index (χ0n) is 13.3. The quantitative estimate of drug-likeness (QED) is 0.657. The molecule has 0 fully saturated rings. The smallest absolute Gasteiger partial charge is 0.218 e. The maximum absolute atomic E-state index is 11.6. The van der Waals surface area contributed by atoms with Crippen LogP contribution in [0.4, 0.5) is 0 Å². The van der Waals surface area contributed by atoms with Crippen LogP contribution in [0.15, 0.2) is 42.6 Å². The van der Waals surface area contributed by atoms with E-state index in [9.17, 15) is 4.79 Å². The number of rotatable bonds is 5. The highest BCUT2D eigenvalue weighted by atomic mass is 35.5. The van der Waals surface area contributed by atoms with Crippen LogP contribution < -0.4 is 5.73 Å². The number of hydrogen-bond donors (Lipinski definition) is 2. The first-order valence-corrected chi connectivity index (χ1v) is 8.59. The Hall–Kier alpha value is -1.97. The Morgan fingerprint density at radius 1 is 1.21 bits per heavy atom. The number of halogens is 2. The van der Waals surface area contributed by atoms with Crippen LogP contribution in [0.2, 0.25) is 10.0 Å². The Bertz CT molecular complexity index is 902. The molecule has 0 aliphatic carbocycles. The Morgan fingerprint density at radius 2 is 2.00 bits per heavy atom. The lowest BCUT2D eigenvalue weighted by molar-refractivity contribution is -0.118. The van der Waals surface area contributed by atoms with Gasteiger partial charge in [-0.15, -0.1) is 0 Å². The molecule has 3 N–H and O–H groups in total. The van der Waals surface area contributed by atoms with E-state index in [4.69, 9.17) is 28.9 Å². The molecule has 3 aromatic rings. The molecule has 0 saturated heterocycles. The number of aromatic nitrogens is 1. The van der Waals surface area contributed by atoms with Crippen LogP contribution in [0.25, 0.3) is 10.9 Å². The van der Waals surface area contributed by atoms with Gasteiger partial charge < -0.3 is 10.7 Å². The van der Waals surface area contributed by atoms with E-state index < -0.39 is 0 Å². The molecule has 3 nitrogen and oxygen atoms in total. The Balaban J connectivity index is 2.16. The molecule has 0 bridgehead atoms. The van der Waals surface area contributed by atoms with Crippen molar-refractivity contribution >= 4 is 40.0 Å². The number of aromatic amines is 1. The molecular formula is C19H18Cl2N2O. The topological polar surface area (TPSA) is 58.9 Å². The molecule has 5 heteroatoms. The van der Waals surface area contributed by atoms with E-state index in [-0.39, 0.29) is 18.2 Å². The van der Waals surface area contributed by atoms with Crippen LogP contribution in [0.3, 0.4) is 0 Å². The normalized spacial score (nSPS) is 12.5. The van der Waals surface area contributed by atoms with Gasteiger partial charge in [0.1, 0.15) is 0 Å². The number of hydrogen-bond acceptors (Lipinski definition) is 1. The lowest BCUT2D eigenvalue weighted by atomic mass is 9.87. The zero-order valence-corrected chi connectivity index (χ0v) is 14.8. The van der Waals surface area contributed by atoms with Gasteiger partial charge >= 0.3 is 0 Å².